The van der Waals surface area contributed by atoms with E-state index in [-0.39, 0.29) is 5.54 Å². The largest absolute Gasteiger partial charge is 0.496 e. The van der Waals surface area contributed by atoms with E-state index in [1.54, 1.807) is 7.11 Å². The zero-order valence-electron chi connectivity index (χ0n) is 11.1. The van der Waals surface area contributed by atoms with Gasteiger partial charge in [0.2, 0.25) is 0 Å². The summed E-state index contributed by atoms with van der Waals surface area (Å²) in [5, 5.41) is 0. The Morgan fingerprint density at radius 3 is 2.65 bits per heavy atom. The van der Waals surface area contributed by atoms with Crippen LogP contribution in [0.2, 0.25) is 0 Å². The second kappa shape index (κ2) is 5.87. The summed E-state index contributed by atoms with van der Waals surface area (Å²) in [5.41, 5.74) is 7.36. The van der Waals surface area contributed by atoms with Crippen molar-refractivity contribution in [2.24, 2.45) is 11.7 Å². The van der Waals surface area contributed by atoms with Gasteiger partial charge in [0.05, 0.1) is 7.11 Å². The van der Waals surface area contributed by atoms with Gasteiger partial charge in [-0.15, -0.1) is 0 Å². The van der Waals surface area contributed by atoms with Crippen LogP contribution in [0.3, 0.4) is 0 Å². The number of hydrogen-bond donors (Lipinski definition) is 1. The maximum absolute atomic E-state index is 6.41. The highest BCUT2D eigenvalue weighted by atomic mass is 79.9. The highest BCUT2D eigenvalue weighted by Crippen LogP contribution is 2.29. The predicted molar refractivity (Wildman–Crippen MR) is 76.4 cm³/mol. The van der Waals surface area contributed by atoms with Crippen molar-refractivity contribution in [3.8, 4) is 5.75 Å². The minimum Gasteiger partial charge on any atom is -0.496 e. The van der Waals surface area contributed by atoms with Gasteiger partial charge in [0.1, 0.15) is 5.75 Å². The molecule has 0 radical (unpaired) electrons. The zero-order chi connectivity index (χ0) is 13.1. The van der Waals surface area contributed by atoms with Crippen LogP contribution < -0.4 is 10.5 Å². The Bertz CT molecular complexity index is 376. The van der Waals surface area contributed by atoms with Crippen molar-refractivity contribution < 1.29 is 4.74 Å². The van der Waals surface area contributed by atoms with E-state index in [0.29, 0.717) is 5.92 Å². The number of ether oxygens (including phenoxy) is 1. The molecule has 0 aliphatic rings. The third-order valence-corrected chi connectivity index (χ3v) is 4.05. The molecule has 0 saturated carbocycles. The molecule has 1 aromatic carbocycles. The molecule has 96 valence electrons. The molecule has 0 aliphatic carbocycles. The Morgan fingerprint density at radius 2 is 2.12 bits per heavy atom. The van der Waals surface area contributed by atoms with Gasteiger partial charge >= 0.3 is 0 Å². The topological polar surface area (TPSA) is 35.2 Å². The lowest BCUT2D eigenvalue weighted by molar-refractivity contribution is 0.301. The van der Waals surface area contributed by atoms with Gasteiger partial charge in [-0.3, -0.25) is 0 Å². The van der Waals surface area contributed by atoms with E-state index in [2.05, 4.69) is 42.8 Å². The molecule has 0 aliphatic heterocycles. The molecule has 3 heteroatoms. The first-order valence-electron chi connectivity index (χ1n) is 6.02. The Kier molecular flexibility index (Phi) is 5.02. The van der Waals surface area contributed by atoms with Crippen LogP contribution in [0.5, 0.6) is 5.75 Å². The predicted octanol–water partition coefficient (Wildman–Crippen LogP) is 3.76. The summed E-state index contributed by atoms with van der Waals surface area (Å²) >= 11 is 3.49. The molecule has 2 N–H and O–H groups in total. The number of benzene rings is 1. The van der Waals surface area contributed by atoms with Crippen LogP contribution in [0.25, 0.3) is 0 Å². The molecule has 2 nitrogen and oxygen atoms in total. The monoisotopic (exact) mass is 299 g/mol. The number of rotatable bonds is 5. The van der Waals surface area contributed by atoms with E-state index in [9.17, 15) is 0 Å². The van der Waals surface area contributed by atoms with Crippen LogP contribution in [-0.4, -0.2) is 12.6 Å². The maximum atomic E-state index is 6.41. The summed E-state index contributed by atoms with van der Waals surface area (Å²) in [7, 11) is 1.70. The first kappa shape index (κ1) is 14.5. The van der Waals surface area contributed by atoms with E-state index in [1.165, 1.54) is 0 Å². The van der Waals surface area contributed by atoms with Crippen molar-refractivity contribution in [2.45, 2.75) is 39.2 Å². The van der Waals surface area contributed by atoms with Gasteiger partial charge in [-0.25, -0.2) is 0 Å². The molecular weight excluding hydrogens is 278 g/mol. The zero-order valence-corrected chi connectivity index (χ0v) is 12.7. The average Bonchev–Trinajstić information content (AvgIpc) is 2.27. The van der Waals surface area contributed by atoms with E-state index >= 15 is 0 Å². The van der Waals surface area contributed by atoms with Crippen molar-refractivity contribution in [1.82, 2.24) is 0 Å². The van der Waals surface area contributed by atoms with Crippen molar-refractivity contribution >= 4 is 15.9 Å². The van der Waals surface area contributed by atoms with Crippen LogP contribution in [0.4, 0.5) is 0 Å². The molecular formula is C14H22BrNO. The Morgan fingerprint density at radius 1 is 1.47 bits per heavy atom. The number of halogens is 1. The summed E-state index contributed by atoms with van der Waals surface area (Å²) in [6.45, 7) is 6.49. The second-order valence-corrected chi connectivity index (χ2v) is 5.86. The molecule has 0 aromatic heterocycles. The summed E-state index contributed by atoms with van der Waals surface area (Å²) < 4.78 is 6.45. The normalized spacial score (nSPS) is 16.4. The molecule has 2 unspecified atom stereocenters. The molecule has 17 heavy (non-hydrogen) atoms. The highest BCUT2D eigenvalue weighted by molar-refractivity contribution is 9.10. The standard InChI is InChI=1S/C14H22BrNO/c1-5-10(2)14(3,16)9-11-8-12(15)6-7-13(11)17-4/h6-8,10H,5,9,16H2,1-4H3. The molecule has 0 heterocycles. The third kappa shape index (κ3) is 3.71. The molecule has 0 bridgehead atoms. The van der Waals surface area contributed by atoms with Gasteiger partial charge in [0, 0.05) is 10.0 Å². The molecule has 1 aromatic rings. The fourth-order valence-electron chi connectivity index (χ4n) is 1.94. The van der Waals surface area contributed by atoms with Crippen LogP contribution in [0, 0.1) is 5.92 Å². The smallest absolute Gasteiger partial charge is 0.122 e. The van der Waals surface area contributed by atoms with Crippen molar-refractivity contribution in [1.29, 1.82) is 0 Å². The molecule has 0 fully saturated rings. The van der Waals surface area contributed by atoms with E-state index in [1.807, 2.05) is 12.1 Å². The Labute approximate surface area is 113 Å². The SMILES string of the molecule is CCC(C)C(C)(N)Cc1cc(Br)ccc1OC. The van der Waals surface area contributed by atoms with Crippen molar-refractivity contribution in [2.75, 3.05) is 7.11 Å². The van der Waals surface area contributed by atoms with Gasteiger partial charge in [0.15, 0.2) is 0 Å². The lowest BCUT2D eigenvalue weighted by Crippen LogP contribution is -2.44. The van der Waals surface area contributed by atoms with Crippen LogP contribution in [0.1, 0.15) is 32.8 Å². The van der Waals surface area contributed by atoms with Gasteiger partial charge in [-0.1, -0.05) is 36.2 Å². The van der Waals surface area contributed by atoms with Crippen LogP contribution in [-0.2, 0) is 6.42 Å². The highest BCUT2D eigenvalue weighted by Gasteiger charge is 2.26. The number of methoxy groups -OCH3 is 1. The third-order valence-electron chi connectivity index (χ3n) is 3.55. The maximum Gasteiger partial charge on any atom is 0.122 e. The quantitative estimate of drug-likeness (QED) is 0.898. The molecule has 0 spiro atoms. The average molecular weight is 300 g/mol. The fourth-order valence-corrected chi connectivity index (χ4v) is 2.34. The fraction of sp³-hybridized carbons (Fsp3) is 0.571. The first-order valence-corrected chi connectivity index (χ1v) is 6.81. The molecule has 2 atom stereocenters. The lowest BCUT2D eigenvalue weighted by Gasteiger charge is -2.31. The molecule has 1 rings (SSSR count). The minimum atomic E-state index is -0.206. The van der Waals surface area contributed by atoms with Gasteiger partial charge < -0.3 is 10.5 Å². The molecule has 0 saturated heterocycles. The molecule has 0 amide bonds. The van der Waals surface area contributed by atoms with E-state index < -0.39 is 0 Å². The van der Waals surface area contributed by atoms with Crippen LogP contribution in [0.15, 0.2) is 22.7 Å². The van der Waals surface area contributed by atoms with E-state index in [4.69, 9.17) is 10.5 Å². The Balaban J connectivity index is 2.97. The van der Waals surface area contributed by atoms with Gasteiger partial charge in [0.25, 0.3) is 0 Å². The van der Waals surface area contributed by atoms with Gasteiger partial charge in [-0.05, 0) is 43.0 Å². The second-order valence-electron chi connectivity index (χ2n) is 4.95. The van der Waals surface area contributed by atoms with Crippen LogP contribution >= 0.6 is 15.9 Å². The summed E-state index contributed by atoms with van der Waals surface area (Å²) in [4.78, 5) is 0. The minimum absolute atomic E-state index is 0.206. The number of hydrogen-bond acceptors (Lipinski definition) is 2. The summed E-state index contributed by atoms with van der Waals surface area (Å²) in [6.07, 6.45) is 1.91. The van der Waals surface area contributed by atoms with Gasteiger partial charge in [-0.2, -0.15) is 0 Å². The Hall–Kier alpha value is -0.540. The first-order chi connectivity index (χ1) is 7.90. The number of nitrogens with two attached hydrogens (primary N) is 1. The lowest BCUT2D eigenvalue weighted by atomic mass is 9.81. The summed E-state index contributed by atoms with van der Waals surface area (Å²) in [6, 6.07) is 6.05. The van der Waals surface area contributed by atoms with Crippen molar-refractivity contribution in [3.05, 3.63) is 28.2 Å². The van der Waals surface area contributed by atoms with E-state index in [0.717, 1.165) is 28.6 Å². The van der Waals surface area contributed by atoms with Crippen molar-refractivity contribution in [3.63, 3.8) is 0 Å². The summed E-state index contributed by atoms with van der Waals surface area (Å²) in [5.74, 6) is 1.39.